The molecule has 1 aliphatic heterocycles. The van der Waals surface area contributed by atoms with E-state index in [0.717, 1.165) is 17.1 Å². The number of hydrogen-bond acceptors (Lipinski definition) is 1. The van der Waals surface area contributed by atoms with E-state index in [1.165, 1.54) is 83.1 Å². The Hall–Kier alpha value is -5.86. The fraction of sp³-hybridized carbons (Fsp3) is 0.125. The molecule has 11 rings (SSSR count). The van der Waals surface area contributed by atoms with Gasteiger partial charge in [0.2, 0.25) is 0 Å². The third-order valence-corrected chi connectivity index (χ3v) is 12.1. The lowest BCUT2D eigenvalue weighted by atomic mass is 9.81. The number of rotatable bonds is 3. The molecule has 0 atom stereocenters. The highest BCUT2D eigenvalue weighted by Crippen LogP contribution is 2.58. The van der Waals surface area contributed by atoms with E-state index in [0.29, 0.717) is 0 Å². The van der Waals surface area contributed by atoms with Crippen LogP contribution in [0.5, 0.6) is 0 Å². The molecule has 1 aromatic heterocycles. The summed E-state index contributed by atoms with van der Waals surface area (Å²) in [4.78, 5) is 2.44. The molecule has 7 aromatic carbocycles. The normalized spacial score (nSPS) is 15.1. The van der Waals surface area contributed by atoms with Crippen LogP contribution in [0.4, 0.5) is 17.1 Å². The van der Waals surface area contributed by atoms with Crippen molar-refractivity contribution in [2.45, 2.75) is 38.5 Å². The lowest BCUT2D eigenvalue weighted by molar-refractivity contribution is 0.660. The smallest absolute Gasteiger partial charge is 0.0623 e. The maximum atomic E-state index is 2.57. The van der Waals surface area contributed by atoms with E-state index in [1.54, 1.807) is 0 Å². The van der Waals surface area contributed by atoms with Crippen molar-refractivity contribution in [3.63, 3.8) is 0 Å². The highest BCUT2D eigenvalue weighted by Gasteiger charge is 2.41. The average molecular weight is 641 g/mol. The summed E-state index contributed by atoms with van der Waals surface area (Å²) < 4.78 is 2.57. The zero-order valence-corrected chi connectivity index (χ0v) is 28.8. The van der Waals surface area contributed by atoms with Crippen molar-refractivity contribution in [1.82, 2.24) is 4.57 Å². The van der Waals surface area contributed by atoms with Crippen LogP contribution in [0.1, 0.15) is 49.9 Å². The van der Waals surface area contributed by atoms with Gasteiger partial charge in [0.05, 0.1) is 16.7 Å². The van der Waals surface area contributed by atoms with Crippen LogP contribution in [0.25, 0.3) is 60.9 Å². The molecule has 0 saturated carbocycles. The Labute approximate surface area is 292 Å². The van der Waals surface area contributed by atoms with Gasteiger partial charge in [0.25, 0.3) is 0 Å². The minimum atomic E-state index is -0.0710. The second-order valence-electron chi connectivity index (χ2n) is 15.4. The van der Waals surface area contributed by atoms with Crippen molar-refractivity contribution in [1.29, 1.82) is 0 Å². The number of aromatic nitrogens is 1. The first kappa shape index (κ1) is 28.0. The Morgan fingerprint density at radius 3 is 1.94 bits per heavy atom. The second-order valence-corrected chi connectivity index (χ2v) is 15.4. The van der Waals surface area contributed by atoms with Crippen molar-refractivity contribution >= 4 is 38.9 Å². The molecule has 8 aromatic rings. The van der Waals surface area contributed by atoms with Crippen LogP contribution in [-0.2, 0) is 10.8 Å². The molecule has 2 nitrogen and oxygen atoms in total. The monoisotopic (exact) mass is 640 g/mol. The van der Waals surface area contributed by atoms with Crippen LogP contribution in [0.3, 0.4) is 0 Å². The maximum absolute atomic E-state index is 2.57. The molecular formula is C48H36N2. The van der Waals surface area contributed by atoms with Crippen LogP contribution < -0.4 is 4.90 Å². The van der Waals surface area contributed by atoms with Gasteiger partial charge < -0.3 is 9.47 Å². The number of benzene rings is 7. The number of anilines is 3. The molecule has 0 N–H and O–H groups in total. The van der Waals surface area contributed by atoms with E-state index in [1.807, 2.05) is 0 Å². The van der Waals surface area contributed by atoms with Gasteiger partial charge >= 0.3 is 0 Å². The number of nitrogens with zero attached hydrogens (tertiary/aromatic N) is 2. The molecule has 0 fully saturated rings. The van der Waals surface area contributed by atoms with Gasteiger partial charge in [-0.15, -0.1) is 0 Å². The minimum Gasteiger partial charge on any atom is -0.310 e. The predicted octanol–water partition coefficient (Wildman–Crippen LogP) is 12.8. The molecule has 0 saturated heterocycles. The molecule has 2 heterocycles. The van der Waals surface area contributed by atoms with Crippen molar-refractivity contribution in [2.24, 2.45) is 0 Å². The van der Waals surface area contributed by atoms with E-state index in [9.17, 15) is 0 Å². The zero-order valence-electron chi connectivity index (χ0n) is 28.8. The Balaban J connectivity index is 1.21. The number of fused-ring (bicyclic) bond motifs is 9. The summed E-state index contributed by atoms with van der Waals surface area (Å²) in [6, 6.07) is 54.6. The summed E-state index contributed by atoms with van der Waals surface area (Å²) >= 11 is 0. The lowest BCUT2D eigenvalue weighted by Crippen LogP contribution is -2.15. The maximum Gasteiger partial charge on any atom is 0.0623 e. The third-order valence-electron chi connectivity index (χ3n) is 12.1. The van der Waals surface area contributed by atoms with Gasteiger partial charge in [0.1, 0.15) is 0 Å². The standard InChI is InChI=1S/C48H36N2/c1-47(2)38-18-10-8-15-32(38)37-27-30(22-25-39(37)47)49(29-13-6-5-7-14-29)31-21-23-34-35-17-12-19-40-44(35)45-41(48(40,3)4)26-24-36-33-16-9-11-20-42(33)50(46(36)45)43(34)28-31/h5-28H,1-4H3. The summed E-state index contributed by atoms with van der Waals surface area (Å²) in [5, 5.41) is 2.61. The van der Waals surface area contributed by atoms with E-state index in [4.69, 9.17) is 0 Å². The van der Waals surface area contributed by atoms with Crippen LogP contribution in [0.15, 0.2) is 146 Å². The highest BCUT2D eigenvalue weighted by molar-refractivity contribution is 6.18. The van der Waals surface area contributed by atoms with Gasteiger partial charge in [-0.2, -0.15) is 0 Å². The van der Waals surface area contributed by atoms with Gasteiger partial charge in [-0.25, -0.2) is 0 Å². The lowest BCUT2D eigenvalue weighted by Gasteiger charge is -2.28. The van der Waals surface area contributed by atoms with E-state index in [2.05, 4.69) is 183 Å². The Bertz CT molecular complexity index is 2760. The number of hydrogen-bond donors (Lipinski definition) is 0. The van der Waals surface area contributed by atoms with Crippen molar-refractivity contribution < 1.29 is 0 Å². The van der Waals surface area contributed by atoms with Gasteiger partial charge in [-0.05, 0) is 87.0 Å². The van der Waals surface area contributed by atoms with Crippen molar-refractivity contribution in [3.8, 4) is 39.1 Å². The van der Waals surface area contributed by atoms with E-state index < -0.39 is 0 Å². The van der Waals surface area contributed by atoms with Gasteiger partial charge in [-0.1, -0.05) is 131 Å². The summed E-state index contributed by atoms with van der Waals surface area (Å²) in [6.45, 7) is 9.48. The van der Waals surface area contributed by atoms with Crippen LogP contribution in [0, 0.1) is 0 Å². The van der Waals surface area contributed by atoms with Crippen LogP contribution in [-0.4, -0.2) is 4.57 Å². The Kier molecular flexibility index (Phi) is 5.28. The summed E-state index contributed by atoms with van der Waals surface area (Å²) in [7, 11) is 0. The average Bonchev–Trinajstić information content (AvgIpc) is 3.65. The zero-order chi connectivity index (χ0) is 33.5. The summed E-state index contributed by atoms with van der Waals surface area (Å²) in [6.07, 6.45) is 0. The molecule has 2 aliphatic carbocycles. The molecule has 50 heavy (non-hydrogen) atoms. The van der Waals surface area contributed by atoms with Gasteiger partial charge in [0, 0.05) is 49.8 Å². The molecular weight excluding hydrogens is 605 g/mol. The van der Waals surface area contributed by atoms with Gasteiger partial charge in [0.15, 0.2) is 0 Å². The van der Waals surface area contributed by atoms with Crippen LogP contribution in [0.2, 0.25) is 0 Å². The molecule has 0 spiro atoms. The largest absolute Gasteiger partial charge is 0.310 e. The summed E-state index contributed by atoms with van der Waals surface area (Å²) in [5.41, 5.74) is 20.8. The summed E-state index contributed by atoms with van der Waals surface area (Å²) in [5.74, 6) is 0. The van der Waals surface area contributed by atoms with Gasteiger partial charge in [-0.3, -0.25) is 0 Å². The van der Waals surface area contributed by atoms with Crippen molar-refractivity contribution in [2.75, 3.05) is 4.90 Å². The van der Waals surface area contributed by atoms with E-state index >= 15 is 0 Å². The molecule has 238 valence electrons. The predicted molar refractivity (Wildman–Crippen MR) is 210 cm³/mol. The molecule has 2 heteroatoms. The molecule has 0 radical (unpaired) electrons. The number of para-hydroxylation sites is 2. The topological polar surface area (TPSA) is 8.17 Å². The molecule has 0 amide bonds. The fourth-order valence-electron chi connectivity index (χ4n) is 9.74. The first-order valence-electron chi connectivity index (χ1n) is 17.8. The van der Waals surface area contributed by atoms with Crippen LogP contribution >= 0.6 is 0 Å². The molecule has 0 bridgehead atoms. The third kappa shape index (κ3) is 3.39. The second kappa shape index (κ2) is 9.43. The first-order valence-corrected chi connectivity index (χ1v) is 17.8. The highest BCUT2D eigenvalue weighted by atomic mass is 15.1. The van der Waals surface area contributed by atoms with E-state index in [-0.39, 0.29) is 10.8 Å². The quantitative estimate of drug-likeness (QED) is 0.187. The Morgan fingerprint density at radius 1 is 0.420 bits per heavy atom. The minimum absolute atomic E-state index is 0.0367. The Morgan fingerprint density at radius 2 is 1.06 bits per heavy atom. The molecule has 3 aliphatic rings. The SMILES string of the molecule is CC1(C)c2ccccc2-c2cc(N(c3ccccc3)c3ccc4c(c3)-n3c5ccccc5c5ccc6c(c53)-c3c-4cccc3C6(C)C)ccc21. The first-order chi connectivity index (χ1) is 24.3. The fourth-order valence-corrected chi connectivity index (χ4v) is 9.74. The molecule has 0 unspecified atom stereocenters. The van der Waals surface area contributed by atoms with Crippen molar-refractivity contribution in [3.05, 3.63) is 168 Å².